The van der Waals surface area contributed by atoms with E-state index in [4.69, 9.17) is 16.7 Å². The van der Waals surface area contributed by atoms with Crippen LogP contribution in [0, 0.1) is 0 Å². The first kappa shape index (κ1) is 19.1. The van der Waals surface area contributed by atoms with Crippen LogP contribution in [0.1, 0.15) is 15.9 Å². The van der Waals surface area contributed by atoms with E-state index >= 15 is 0 Å². The molecule has 0 unspecified atom stereocenters. The fourth-order valence-corrected chi connectivity index (χ4v) is 2.49. The highest BCUT2D eigenvalue weighted by Crippen LogP contribution is 2.36. The van der Waals surface area contributed by atoms with E-state index in [0.717, 1.165) is 6.07 Å². The van der Waals surface area contributed by atoms with E-state index in [1.54, 1.807) is 0 Å². The van der Waals surface area contributed by atoms with Gasteiger partial charge in [-0.3, -0.25) is 0 Å². The van der Waals surface area contributed by atoms with Crippen LogP contribution < -0.4 is 10.6 Å². The monoisotopic (exact) mass is 436 g/mol. The normalized spacial score (nSPS) is 11.1. The number of hydrogen-bond acceptors (Lipinski definition) is 2. The minimum Gasteiger partial charge on any atom is -0.478 e. The van der Waals surface area contributed by atoms with E-state index in [0.29, 0.717) is 10.5 Å². The summed E-state index contributed by atoms with van der Waals surface area (Å²) in [6.07, 6.45) is -4.67. The minimum absolute atomic E-state index is 0.0155. The molecule has 2 aromatic rings. The first-order chi connectivity index (χ1) is 11.6. The second-order valence-corrected chi connectivity index (χ2v) is 6.09. The maximum Gasteiger partial charge on any atom is 0.417 e. The Morgan fingerprint density at radius 2 is 1.76 bits per heavy atom. The molecule has 3 N–H and O–H groups in total. The molecule has 0 aliphatic heterocycles. The lowest BCUT2D eigenvalue weighted by atomic mass is 10.2. The van der Waals surface area contributed by atoms with Crippen molar-refractivity contribution in [2.45, 2.75) is 6.18 Å². The molecule has 0 atom stereocenters. The van der Waals surface area contributed by atoms with E-state index in [-0.39, 0.29) is 16.9 Å². The van der Waals surface area contributed by atoms with Gasteiger partial charge in [-0.2, -0.15) is 13.2 Å². The standard InChI is InChI=1S/C15H9BrClF3N2O3/c16-7-1-4-12(9(5-7)13(23)24)22-14(25)21-8-2-3-11(17)10(6-8)15(18,19)20/h1-6H,(H,23,24)(H2,21,22,25). The third kappa shape index (κ3) is 4.86. The Bertz CT molecular complexity index is 843. The molecule has 132 valence electrons. The first-order valence-corrected chi connectivity index (χ1v) is 7.72. The quantitative estimate of drug-likeness (QED) is 0.596. The first-order valence-electron chi connectivity index (χ1n) is 6.55. The summed E-state index contributed by atoms with van der Waals surface area (Å²) in [5.74, 6) is -1.28. The van der Waals surface area contributed by atoms with Crippen molar-refractivity contribution in [2.24, 2.45) is 0 Å². The molecular weight excluding hydrogens is 429 g/mol. The topological polar surface area (TPSA) is 78.4 Å². The number of carboxylic acids is 1. The molecule has 25 heavy (non-hydrogen) atoms. The summed E-state index contributed by atoms with van der Waals surface area (Å²) >= 11 is 8.61. The van der Waals surface area contributed by atoms with Crippen LogP contribution in [0.2, 0.25) is 5.02 Å². The Kier molecular flexibility index (Phi) is 5.58. The number of carbonyl (C=O) groups is 2. The van der Waals surface area contributed by atoms with Crippen LogP contribution in [0.4, 0.5) is 29.3 Å². The highest BCUT2D eigenvalue weighted by molar-refractivity contribution is 9.10. The van der Waals surface area contributed by atoms with E-state index in [9.17, 15) is 22.8 Å². The number of amides is 2. The maximum absolute atomic E-state index is 12.8. The van der Waals surface area contributed by atoms with Gasteiger partial charge in [-0.05, 0) is 36.4 Å². The van der Waals surface area contributed by atoms with Crippen molar-refractivity contribution >= 4 is 50.9 Å². The molecule has 2 rings (SSSR count). The molecule has 0 aliphatic rings. The maximum atomic E-state index is 12.8. The van der Waals surface area contributed by atoms with Crippen molar-refractivity contribution in [3.8, 4) is 0 Å². The van der Waals surface area contributed by atoms with Gasteiger partial charge < -0.3 is 15.7 Å². The summed E-state index contributed by atoms with van der Waals surface area (Å²) in [6, 6.07) is 6.10. The summed E-state index contributed by atoms with van der Waals surface area (Å²) in [6.45, 7) is 0. The Hall–Kier alpha value is -2.26. The Morgan fingerprint density at radius 3 is 2.36 bits per heavy atom. The Labute approximate surface area is 152 Å². The molecule has 10 heteroatoms. The Morgan fingerprint density at radius 1 is 1.08 bits per heavy atom. The molecule has 5 nitrogen and oxygen atoms in total. The summed E-state index contributed by atoms with van der Waals surface area (Å²) in [5, 5.41) is 13.1. The fraction of sp³-hybridized carbons (Fsp3) is 0.0667. The predicted molar refractivity (Wildman–Crippen MR) is 90.2 cm³/mol. The lowest BCUT2D eigenvalue weighted by Gasteiger charge is -2.13. The van der Waals surface area contributed by atoms with Crippen LogP contribution >= 0.6 is 27.5 Å². The molecule has 0 aliphatic carbocycles. The summed E-state index contributed by atoms with van der Waals surface area (Å²) in [4.78, 5) is 23.1. The molecule has 0 saturated heterocycles. The van der Waals surface area contributed by atoms with Gasteiger partial charge in [0, 0.05) is 10.2 Å². The molecule has 0 saturated carbocycles. The zero-order valence-corrected chi connectivity index (χ0v) is 14.5. The number of rotatable bonds is 3. The fourth-order valence-electron chi connectivity index (χ4n) is 1.91. The van der Waals surface area contributed by atoms with Gasteiger partial charge in [0.15, 0.2) is 0 Å². The summed E-state index contributed by atoms with van der Waals surface area (Å²) in [7, 11) is 0. The van der Waals surface area contributed by atoms with Gasteiger partial charge in [0.2, 0.25) is 0 Å². The number of urea groups is 1. The predicted octanol–water partition coefficient (Wildman–Crippen LogP) is 5.46. The summed E-state index contributed by atoms with van der Waals surface area (Å²) < 4.78 is 38.9. The average Bonchev–Trinajstić information content (AvgIpc) is 2.49. The number of carbonyl (C=O) groups excluding carboxylic acids is 1. The molecule has 0 fully saturated rings. The lowest BCUT2D eigenvalue weighted by molar-refractivity contribution is -0.137. The van der Waals surface area contributed by atoms with Crippen LogP contribution in [0.3, 0.4) is 0 Å². The minimum atomic E-state index is -4.67. The third-order valence-corrected chi connectivity index (χ3v) is 3.81. The largest absolute Gasteiger partial charge is 0.478 e. The van der Waals surface area contributed by atoms with Crippen molar-refractivity contribution in [3.05, 3.63) is 57.0 Å². The molecule has 2 amide bonds. The molecule has 0 spiro atoms. The zero-order valence-electron chi connectivity index (χ0n) is 12.1. The van der Waals surface area contributed by atoms with Gasteiger partial charge in [-0.1, -0.05) is 27.5 Å². The SMILES string of the molecule is O=C(Nc1ccc(Cl)c(C(F)(F)F)c1)Nc1ccc(Br)cc1C(=O)O. The molecule has 2 aromatic carbocycles. The van der Waals surface area contributed by atoms with Crippen molar-refractivity contribution in [1.29, 1.82) is 0 Å². The molecule has 0 bridgehead atoms. The highest BCUT2D eigenvalue weighted by Gasteiger charge is 2.33. The van der Waals surface area contributed by atoms with Gasteiger partial charge >= 0.3 is 18.2 Å². The number of nitrogens with one attached hydrogen (secondary N) is 2. The van der Waals surface area contributed by atoms with Crippen LogP contribution in [0.5, 0.6) is 0 Å². The number of carboxylic acid groups (broad SMARTS) is 1. The highest BCUT2D eigenvalue weighted by atomic mass is 79.9. The smallest absolute Gasteiger partial charge is 0.417 e. The van der Waals surface area contributed by atoms with E-state index < -0.39 is 28.8 Å². The second-order valence-electron chi connectivity index (χ2n) is 4.77. The number of anilines is 2. The van der Waals surface area contributed by atoms with Crippen LogP contribution in [0.15, 0.2) is 40.9 Å². The van der Waals surface area contributed by atoms with Crippen molar-refractivity contribution in [2.75, 3.05) is 10.6 Å². The van der Waals surface area contributed by atoms with Gasteiger partial charge in [-0.25, -0.2) is 9.59 Å². The average molecular weight is 438 g/mol. The van der Waals surface area contributed by atoms with Crippen LogP contribution in [0.25, 0.3) is 0 Å². The lowest BCUT2D eigenvalue weighted by Crippen LogP contribution is -2.21. The van der Waals surface area contributed by atoms with Crippen molar-refractivity contribution in [1.82, 2.24) is 0 Å². The number of hydrogen-bond donors (Lipinski definition) is 3. The number of halogens is 5. The molecule has 0 heterocycles. The van der Waals surface area contributed by atoms with E-state index in [1.165, 1.54) is 24.3 Å². The van der Waals surface area contributed by atoms with Gasteiger partial charge in [0.05, 0.1) is 21.8 Å². The number of aromatic carboxylic acids is 1. The number of benzene rings is 2. The molecule has 0 radical (unpaired) electrons. The number of alkyl halides is 3. The van der Waals surface area contributed by atoms with Crippen LogP contribution in [-0.2, 0) is 6.18 Å². The summed E-state index contributed by atoms with van der Waals surface area (Å²) in [5.41, 5.74) is -1.44. The van der Waals surface area contributed by atoms with Gasteiger partial charge in [-0.15, -0.1) is 0 Å². The van der Waals surface area contributed by atoms with Gasteiger partial charge in [0.25, 0.3) is 0 Å². The van der Waals surface area contributed by atoms with Gasteiger partial charge in [0.1, 0.15) is 0 Å². The van der Waals surface area contributed by atoms with E-state index in [1.807, 2.05) is 0 Å². The van der Waals surface area contributed by atoms with Crippen molar-refractivity contribution < 1.29 is 27.9 Å². The molecule has 0 aromatic heterocycles. The zero-order chi connectivity index (χ0) is 18.8. The molecular formula is C15H9BrClF3N2O3. The van der Waals surface area contributed by atoms with Crippen LogP contribution in [-0.4, -0.2) is 17.1 Å². The van der Waals surface area contributed by atoms with Crippen molar-refractivity contribution in [3.63, 3.8) is 0 Å². The third-order valence-electron chi connectivity index (χ3n) is 2.99. The Balaban J connectivity index is 2.21. The second kappa shape index (κ2) is 7.32. The van der Waals surface area contributed by atoms with E-state index in [2.05, 4.69) is 26.6 Å².